The SMILES string of the molecule is CCCCCCCCC/C=C\CCCCCCC(O)C(=O)NC(COC1OC(CO)C(O)C(O)C1O)C(O)C(O)CCC/C=C/CC/C=C/CC/C=C/CCCCCCCCCCCCCCCCCCC. The van der Waals surface area contributed by atoms with Crippen LogP contribution in [-0.4, -0.2) is 110 Å². The van der Waals surface area contributed by atoms with Gasteiger partial charge in [-0.2, -0.15) is 0 Å². The van der Waals surface area contributed by atoms with Crippen molar-refractivity contribution in [2.24, 2.45) is 0 Å². The average molecular weight is 1020 g/mol. The lowest BCUT2D eigenvalue weighted by Crippen LogP contribution is -2.60. The zero-order chi connectivity index (χ0) is 52.5. The van der Waals surface area contributed by atoms with Gasteiger partial charge in [-0.1, -0.05) is 223 Å². The fourth-order valence-corrected chi connectivity index (χ4v) is 9.41. The first kappa shape index (κ1) is 68.1. The number of allylic oxidation sites excluding steroid dienone is 8. The van der Waals surface area contributed by atoms with Gasteiger partial charge in [0, 0.05) is 0 Å². The van der Waals surface area contributed by atoms with E-state index in [0.717, 1.165) is 57.8 Å². The van der Waals surface area contributed by atoms with Gasteiger partial charge in [0.1, 0.15) is 36.6 Å². The molecule has 11 heteroatoms. The molecule has 0 aliphatic carbocycles. The largest absolute Gasteiger partial charge is 0.394 e. The van der Waals surface area contributed by atoms with E-state index in [9.17, 15) is 40.5 Å². The molecular weight excluding hydrogens is 907 g/mol. The van der Waals surface area contributed by atoms with Gasteiger partial charge in [-0.15, -0.1) is 0 Å². The highest BCUT2D eigenvalue weighted by atomic mass is 16.7. The summed E-state index contributed by atoms with van der Waals surface area (Å²) in [6.07, 6.45) is 51.9. The Labute approximate surface area is 440 Å². The fourth-order valence-electron chi connectivity index (χ4n) is 9.41. The standard InChI is InChI=1S/C61H113NO10/c1-3-5-7-9-11-13-15-17-19-20-21-22-23-24-25-26-27-28-29-30-31-32-33-35-36-38-40-42-44-46-48-53(64)56(66)52(51-71-61-59(69)58(68)57(67)55(50-63)72-61)62-60(70)54(65)49-47-45-43-41-39-37-34-18-16-14-12-10-8-6-4-2/h29-30,33-35,37,40,42,52-59,61,63-69H,3-28,31-32,36,38-39,41,43-51H2,1-2H3,(H,62,70)/b30-29+,35-33+,37-34-,42-40+. The van der Waals surface area contributed by atoms with E-state index in [-0.39, 0.29) is 12.8 Å². The molecule has 1 rings (SSSR count). The van der Waals surface area contributed by atoms with Gasteiger partial charge < -0.3 is 50.5 Å². The minimum Gasteiger partial charge on any atom is -0.394 e. The highest BCUT2D eigenvalue weighted by Gasteiger charge is 2.44. The molecule has 1 fully saturated rings. The van der Waals surface area contributed by atoms with Crippen LogP contribution in [0, 0.1) is 0 Å². The number of aliphatic hydroxyl groups excluding tert-OH is 7. The Morgan fingerprint density at radius 1 is 0.472 bits per heavy atom. The smallest absolute Gasteiger partial charge is 0.249 e. The topological polar surface area (TPSA) is 189 Å². The van der Waals surface area contributed by atoms with Crippen molar-refractivity contribution in [1.82, 2.24) is 5.32 Å². The van der Waals surface area contributed by atoms with Crippen LogP contribution in [0.1, 0.15) is 264 Å². The van der Waals surface area contributed by atoms with Crippen molar-refractivity contribution in [3.63, 3.8) is 0 Å². The molecule has 11 nitrogen and oxygen atoms in total. The predicted octanol–water partition coefficient (Wildman–Crippen LogP) is 12.8. The van der Waals surface area contributed by atoms with Gasteiger partial charge in [0.15, 0.2) is 6.29 Å². The lowest BCUT2D eigenvalue weighted by atomic mass is 9.98. The van der Waals surface area contributed by atoms with Crippen molar-refractivity contribution < 1.29 is 50.0 Å². The van der Waals surface area contributed by atoms with Crippen LogP contribution in [0.4, 0.5) is 0 Å². The number of carbonyl (C=O) groups excluding carboxylic acids is 1. The van der Waals surface area contributed by atoms with Gasteiger partial charge in [0.25, 0.3) is 0 Å². The van der Waals surface area contributed by atoms with Gasteiger partial charge in [0.05, 0.1) is 25.4 Å². The van der Waals surface area contributed by atoms with E-state index < -0.39 is 74.2 Å². The summed E-state index contributed by atoms with van der Waals surface area (Å²) in [6, 6.07) is -1.20. The molecule has 1 aliphatic heterocycles. The molecule has 0 aromatic rings. The molecule has 0 saturated carbocycles. The number of carbonyl (C=O) groups is 1. The van der Waals surface area contributed by atoms with Gasteiger partial charge in [-0.3, -0.25) is 4.79 Å². The van der Waals surface area contributed by atoms with Crippen LogP contribution in [0.25, 0.3) is 0 Å². The first-order valence-electron chi connectivity index (χ1n) is 30.0. The van der Waals surface area contributed by atoms with E-state index in [4.69, 9.17) is 9.47 Å². The number of aliphatic hydroxyl groups is 7. The summed E-state index contributed by atoms with van der Waals surface area (Å²) < 4.78 is 11.1. The second-order valence-electron chi connectivity index (χ2n) is 21.0. The van der Waals surface area contributed by atoms with Gasteiger partial charge in [-0.25, -0.2) is 0 Å². The molecule has 0 spiro atoms. The molecule has 1 heterocycles. The minimum absolute atomic E-state index is 0.234. The molecular formula is C61H113NO10. The van der Waals surface area contributed by atoms with E-state index in [1.165, 1.54) is 161 Å². The average Bonchev–Trinajstić information content (AvgIpc) is 3.38. The van der Waals surface area contributed by atoms with Crippen molar-refractivity contribution in [2.45, 2.75) is 319 Å². The Morgan fingerprint density at radius 3 is 1.24 bits per heavy atom. The maximum Gasteiger partial charge on any atom is 0.249 e. The minimum atomic E-state index is -1.68. The summed E-state index contributed by atoms with van der Waals surface area (Å²) in [6.45, 7) is 3.44. The normalized spacial score (nSPS) is 20.4. The molecule has 1 aliphatic rings. The van der Waals surface area contributed by atoms with Crippen LogP contribution >= 0.6 is 0 Å². The Hall–Kier alpha value is -1.93. The third-order valence-electron chi connectivity index (χ3n) is 14.3. The Morgan fingerprint density at radius 2 is 0.833 bits per heavy atom. The fraction of sp³-hybridized carbons (Fsp3) is 0.852. The van der Waals surface area contributed by atoms with E-state index in [2.05, 4.69) is 67.8 Å². The number of rotatable bonds is 51. The lowest BCUT2D eigenvalue weighted by Gasteiger charge is -2.40. The molecule has 8 N–H and O–H groups in total. The number of unbranched alkanes of at least 4 members (excludes halogenated alkanes) is 31. The molecule has 422 valence electrons. The monoisotopic (exact) mass is 1020 g/mol. The highest BCUT2D eigenvalue weighted by Crippen LogP contribution is 2.23. The molecule has 0 bridgehead atoms. The summed E-state index contributed by atoms with van der Waals surface area (Å²) in [7, 11) is 0. The molecule has 0 aromatic heterocycles. The number of nitrogens with one attached hydrogen (secondary N) is 1. The Balaban J connectivity index is 2.30. The maximum absolute atomic E-state index is 13.1. The van der Waals surface area contributed by atoms with E-state index in [0.29, 0.717) is 19.3 Å². The first-order valence-corrected chi connectivity index (χ1v) is 30.0. The molecule has 0 radical (unpaired) electrons. The molecule has 1 amide bonds. The predicted molar refractivity (Wildman–Crippen MR) is 298 cm³/mol. The van der Waals surface area contributed by atoms with Crippen LogP contribution in [0.5, 0.6) is 0 Å². The van der Waals surface area contributed by atoms with Crippen LogP contribution in [0.3, 0.4) is 0 Å². The molecule has 1 saturated heterocycles. The van der Waals surface area contributed by atoms with Crippen molar-refractivity contribution in [2.75, 3.05) is 13.2 Å². The molecule has 72 heavy (non-hydrogen) atoms. The Bertz CT molecular complexity index is 1310. The zero-order valence-electron chi connectivity index (χ0n) is 46.2. The van der Waals surface area contributed by atoms with Crippen LogP contribution in [0.15, 0.2) is 48.6 Å². The quantitative estimate of drug-likeness (QED) is 0.0215. The lowest BCUT2D eigenvalue weighted by molar-refractivity contribution is -0.303. The number of hydrogen-bond donors (Lipinski definition) is 8. The number of amides is 1. The van der Waals surface area contributed by atoms with Crippen molar-refractivity contribution >= 4 is 5.91 Å². The number of ether oxygens (including phenoxy) is 2. The third-order valence-corrected chi connectivity index (χ3v) is 14.3. The highest BCUT2D eigenvalue weighted by molar-refractivity contribution is 5.80. The van der Waals surface area contributed by atoms with Crippen molar-refractivity contribution in [3.05, 3.63) is 48.6 Å². The number of hydrogen-bond acceptors (Lipinski definition) is 10. The van der Waals surface area contributed by atoms with E-state index in [1.807, 2.05) is 0 Å². The van der Waals surface area contributed by atoms with Crippen molar-refractivity contribution in [1.29, 1.82) is 0 Å². The van der Waals surface area contributed by atoms with E-state index in [1.54, 1.807) is 0 Å². The van der Waals surface area contributed by atoms with Crippen LogP contribution < -0.4 is 5.32 Å². The summed E-state index contributed by atoms with van der Waals surface area (Å²) in [5.74, 6) is -0.721. The second kappa shape index (κ2) is 49.9. The van der Waals surface area contributed by atoms with Crippen LogP contribution in [-0.2, 0) is 14.3 Å². The third kappa shape index (κ3) is 37.7. The summed E-state index contributed by atoms with van der Waals surface area (Å²) >= 11 is 0. The zero-order valence-corrected chi connectivity index (χ0v) is 46.2. The molecule has 9 unspecified atom stereocenters. The second-order valence-corrected chi connectivity index (χ2v) is 21.0. The first-order chi connectivity index (χ1) is 35.2. The summed E-state index contributed by atoms with van der Waals surface area (Å²) in [4.78, 5) is 13.1. The Kier molecular flexibility index (Phi) is 47.2. The van der Waals surface area contributed by atoms with E-state index >= 15 is 0 Å². The summed E-state index contributed by atoms with van der Waals surface area (Å²) in [5, 5.41) is 76.0. The van der Waals surface area contributed by atoms with Crippen LogP contribution in [0.2, 0.25) is 0 Å². The maximum atomic E-state index is 13.1. The summed E-state index contributed by atoms with van der Waals surface area (Å²) in [5.41, 5.74) is 0. The van der Waals surface area contributed by atoms with Gasteiger partial charge >= 0.3 is 0 Å². The van der Waals surface area contributed by atoms with Crippen molar-refractivity contribution in [3.8, 4) is 0 Å². The molecule has 0 aromatic carbocycles. The molecule has 9 atom stereocenters. The van der Waals surface area contributed by atoms with Gasteiger partial charge in [-0.05, 0) is 89.9 Å². The van der Waals surface area contributed by atoms with Gasteiger partial charge in [0.2, 0.25) is 5.91 Å².